The number of aryl methyl sites for hydroxylation is 2. The number of hydrogen-bond acceptors (Lipinski definition) is 1. The van der Waals surface area contributed by atoms with Crippen molar-refractivity contribution in [3.63, 3.8) is 0 Å². The quantitative estimate of drug-likeness (QED) is 0.846. The standard InChI is InChI=1S/C15H14Cl2O/c1-9-3-4-10(2)13(7-9)15(18)12-6-5-11(16)8-14(12)17/h3-8,15,18H,1-2H3. The van der Waals surface area contributed by atoms with Crippen LogP contribution in [0.3, 0.4) is 0 Å². The fourth-order valence-corrected chi connectivity index (χ4v) is 2.46. The summed E-state index contributed by atoms with van der Waals surface area (Å²) in [4.78, 5) is 0. The first-order valence-electron chi connectivity index (χ1n) is 5.69. The second-order valence-electron chi connectivity index (χ2n) is 4.43. The second kappa shape index (κ2) is 5.31. The molecule has 1 nitrogen and oxygen atoms in total. The van der Waals surface area contributed by atoms with Crippen LogP contribution in [0.1, 0.15) is 28.4 Å². The lowest BCUT2D eigenvalue weighted by Gasteiger charge is -2.16. The Bertz CT molecular complexity index is 579. The van der Waals surface area contributed by atoms with Crippen molar-refractivity contribution >= 4 is 23.2 Å². The zero-order valence-electron chi connectivity index (χ0n) is 10.2. The highest BCUT2D eigenvalue weighted by Gasteiger charge is 2.16. The fourth-order valence-electron chi connectivity index (χ4n) is 1.95. The smallest absolute Gasteiger partial charge is 0.106 e. The average Bonchev–Trinajstić information content (AvgIpc) is 2.31. The summed E-state index contributed by atoms with van der Waals surface area (Å²) in [5, 5.41) is 11.5. The SMILES string of the molecule is Cc1ccc(C)c(C(O)c2ccc(Cl)cc2Cl)c1. The van der Waals surface area contributed by atoms with Gasteiger partial charge in [-0.3, -0.25) is 0 Å². The summed E-state index contributed by atoms with van der Waals surface area (Å²) in [6.45, 7) is 3.97. The molecule has 0 saturated heterocycles. The van der Waals surface area contributed by atoms with Gasteiger partial charge in [0.15, 0.2) is 0 Å². The Morgan fingerprint density at radius 1 is 0.944 bits per heavy atom. The van der Waals surface area contributed by atoms with Gasteiger partial charge in [-0.25, -0.2) is 0 Å². The van der Waals surface area contributed by atoms with E-state index in [1.54, 1.807) is 18.2 Å². The molecule has 0 aliphatic rings. The van der Waals surface area contributed by atoms with Crippen LogP contribution in [0.2, 0.25) is 10.0 Å². The third kappa shape index (κ3) is 2.69. The Hall–Kier alpha value is -1.02. The molecule has 0 fully saturated rings. The van der Waals surface area contributed by atoms with Gasteiger partial charge in [-0.15, -0.1) is 0 Å². The molecule has 0 radical (unpaired) electrons. The topological polar surface area (TPSA) is 20.2 Å². The molecule has 1 N–H and O–H groups in total. The van der Waals surface area contributed by atoms with Gasteiger partial charge in [0, 0.05) is 15.6 Å². The van der Waals surface area contributed by atoms with E-state index in [0.717, 1.165) is 16.7 Å². The number of benzene rings is 2. The Morgan fingerprint density at radius 2 is 1.67 bits per heavy atom. The summed E-state index contributed by atoms with van der Waals surface area (Å²) < 4.78 is 0. The van der Waals surface area contributed by atoms with Crippen LogP contribution in [0.4, 0.5) is 0 Å². The van der Waals surface area contributed by atoms with E-state index in [1.807, 2.05) is 32.0 Å². The van der Waals surface area contributed by atoms with E-state index in [2.05, 4.69) is 0 Å². The molecule has 0 aliphatic carbocycles. The van der Waals surface area contributed by atoms with Crippen molar-refractivity contribution in [3.05, 3.63) is 68.7 Å². The third-order valence-electron chi connectivity index (χ3n) is 2.99. The predicted octanol–water partition coefficient (Wildman–Crippen LogP) is 4.69. The summed E-state index contributed by atoms with van der Waals surface area (Å²) in [7, 11) is 0. The minimum Gasteiger partial charge on any atom is -0.384 e. The van der Waals surface area contributed by atoms with Gasteiger partial charge in [0.2, 0.25) is 0 Å². The van der Waals surface area contributed by atoms with Crippen LogP contribution in [-0.4, -0.2) is 5.11 Å². The van der Waals surface area contributed by atoms with Crippen LogP contribution in [-0.2, 0) is 0 Å². The zero-order chi connectivity index (χ0) is 13.3. The Morgan fingerprint density at radius 3 is 2.33 bits per heavy atom. The van der Waals surface area contributed by atoms with E-state index in [9.17, 15) is 5.11 Å². The number of aliphatic hydroxyl groups excluding tert-OH is 1. The molecule has 0 amide bonds. The van der Waals surface area contributed by atoms with E-state index in [4.69, 9.17) is 23.2 Å². The predicted molar refractivity (Wildman–Crippen MR) is 76.4 cm³/mol. The Labute approximate surface area is 117 Å². The molecule has 0 saturated carbocycles. The molecule has 0 heterocycles. The van der Waals surface area contributed by atoms with Crippen LogP contribution in [0.5, 0.6) is 0 Å². The number of aliphatic hydroxyl groups is 1. The van der Waals surface area contributed by atoms with Gasteiger partial charge in [-0.1, -0.05) is 53.0 Å². The van der Waals surface area contributed by atoms with E-state index in [-0.39, 0.29) is 0 Å². The first-order valence-corrected chi connectivity index (χ1v) is 6.45. The van der Waals surface area contributed by atoms with Crippen LogP contribution in [0.15, 0.2) is 36.4 Å². The number of rotatable bonds is 2. The Balaban J connectivity index is 2.47. The second-order valence-corrected chi connectivity index (χ2v) is 5.27. The highest BCUT2D eigenvalue weighted by atomic mass is 35.5. The number of halogens is 2. The van der Waals surface area contributed by atoms with Gasteiger partial charge in [-0.2, -0.15) is 0 Å². The van der Waals surface area contributed by atoms with Crippen molar-refractivity contribution in [2.24, 2.45) is 0 Å². The third-order valence-corrected chi connectivity index (χ3v) is 3.55. The van der Waals surface area contributed by atoms with E-state index in [1.165, 1.54) is 0 Å². The van der Waals surface area contributed by atoms with Gasteiger partial charge in [0.25, 0.3) is 0 Å². The van der Waals surface area contributed by atoms with Crippen molar-refractivity contribution in [3.8, 4) is 0 Å². The highest BCUT2D eigenvalue weighted by Crippen LogP contribution is 2.32. The van der Waals surface area contributed by atoms with Gasteiger partial charge in [0.05, 0.1) is 0 Å². The van der Waals surface area contributed by atoms with Crippen LogP contribution in [0.25, 0.3) is 0 Å². The van der Waals surface area contributed by atoms with Gasteiger partial charge in [-0.05, 0) is 37.1 Å². The maximum atomic E-state index is 10.4. The molecule has 3 heteroatoms. The largest absolute Gasteiger partial charge is 0.384 e. The van der Waals surface area contributed by atoms with E-state index < -0.39 is 6.10 Å². The summed E-state index contributed by atoms with van der Waals surface area (Å²) in [6, 6.07) is 11.1. The molecule has 0 bridgehead atoms. The van der Waals surface area contributed by atoms with Crippen molar-refractivity contribution in [1.82, 2.24) is 0 Å². The molecule has 94 valence electrons. The van der Waals surface area contributed by atoms with Crippen molar-refractivity contribution in [2.75, 3.05) is 0 Å². The number of hydrogen-bond donors (Lipinski definition) is 1. The van der Waals surface area contributed by atoms with Gasteiger partial charge in [0.1, 0.15) is 6.10 Å². The van der Waals surface area contributed by atoms with Crippen LogP contribution < -0.4 is 0 Å². The van der Waals surface area contributed by atoms with Crippen molar-refractivity contribution in [2.45, 2.75) is 20.0 Å². The Kier molecular flexibility index (Phi) is 3.96. The summed E-state index contributed by atoms with van der Waals surface area (Å²) in [5.74, 6) is 0. The molecule has 1 unspecified atom stereocenters. The normalized spacial score (nSPS) is 12.5. The molecule has 18 heavy (non-hydrogen) atoms. The summed E-state index contributed by atoms with van der Waals surface area (Å²) >= 11 is 12.0. The minimum absolute atomic E-state index is 0.482. The monoisotopic (exact) mass is 280 g/mol. The average molecular weight is 281 g/mol. The summed E-state index contributed by atoms with van der Waals surface area (Å²) in [6.07, 6.45) is -0.727. The van der Waals surface area contributed by atoms with Crippen LogP contribution in [0, 0.1) is 13.8 Å². The van der Waals surface area contributed by atoms with E-state index in [0.29, 0.717) is 15.6 Å². The molecule has 2 aromatic carbocycles. The lowest BCUT2D eigenvalue weighted by molar-refractivity contribution is 0.219. The molecular weight excluding hydrogens is 267 g/mol. The molecule has 1 atom stereocenters. The molecule has 0 aliphatic heterocycles. The molecular formula is C15H14Cl2O. The fraction of sp³-hybridized carbons (Fsp3) is 0.200. The lowest BCUT2D eigenvalue weighted by Crippen LogP contribution is -2.03. The van der Waals surface area contributed by atoms with Gasteiger partial charge < -0.3 is 5.11 Å². The van der Waals surface area contributed by atoms with Crippen molar-refractivity contribution in [1.29, 1.82) is 0 Å². The first kappa shape index (κ1) is 13.4. The zero-order valence-corrected chi connectivity index (χ0v) is 11.8. The molecule has 2 aromatic rings. The van der Waals surface area contributed by atoms with Gasteiger partial charge >= 0.3 is 0 Å². The van der Waals surface area contributed by atoms with Crippen molar-refractivity contribution < 1.29 is 5.11 Å². The highest BCUT2D eigenvalue weighted by molar-refractivity contribution is 6.35. The minimum atomic E-state index is -0.727. The molecule has 2 rings (SSSR count). The van der Waals surface area contributed by atoms with E-state index >= 15 is 0 Å². The first-order chi connectivity index (χ1) is 8.49. The van der Waals surface area contributed by atoms with Crippen LogP contribution >= 0.6 is 23.2 Å². The maximum Gasteiger partial charge on any atom is 0.106 e. The summed E-state index contributed by atoms with van der Waals surface area (Å²) in [5.41, 5.74) is 3.70. The maximum absolute atomic E-state index is 10.4. The molecule has 0 aromatic heterocycles. The molecule has 0 spiro atoms. The lowest BCUT2D eigenvalue weighted by atomic mass is 9.96.